The maximum absolute atomic E-state index is 4.31. The first-order valence-electron chi connectivity index (χ1n) is 22.6. The van der Waals surface area contributed by atoms with Gasteiger partial charge >= 0.3 is 0 Å². The van der Waals surface area contributed by atoms with Gasteiger partial charge in [-0.2, -0.15) is 0 Å². The van der Waals surface area contributed by atoms with E-state index in [4.69, 9.17) is 0 Å². The standard InChI is InChI=1S/C54H62N2/c1-4-16-38(17-5-1)42-23-15-25-48(36-42)56-53-29-13-11-27-50(53)51-37-43(30-31-54(51)56)41-22-14-24-44(32-41)49-26-10-12-28-52(49)55-47-34-45(39-18-6-2-7-19-39)33-46(35-47)40-20-8-3-9-21-40/h2,6-8,10-13,15-16,18-21,23,25-32,42,44-47,49-53,55H,1,3-5,9,14,17,22,24,33-37H2. The monoisotopic (exact) mass is 738 g/mol. The van der Waals surface area contributed by atoms with E-state index in [1.54, 1.807) is 28.0 Å². The average Bonchev–Trinajstić information content (AvgIpc) is 3.61. The van der Waals surface area contributed by atoms with Gasteiger partial charge in [-0.3, -0.25) is 0 Å². The maximum atomic E-state index is 4.31. The zero-order chi connectivity index (χ0) is 37.3. The number of nitrogens with zero attached hydrogens (tertiary/aromatic N) is 1. The molecule has 1 aromatic rings. The lowest BCUT2D eigenvalue weighted by Crippen LogP contribution is -2.47. The first-order chi connectivity index (χ1) is 27.7. The Morgan fingerprint density at radius 3 is 2.41 bits per heavy atom. The summed E-state index contributed by atoms with van der Waals surface area (Å²) < 4.78 is 0. The molecule has 0 aromatic heterocycles. The lowest BCUT2D eigenvalue weighted by atomic mass is 9.71. The van der Waals surface area contributed by atoms with Gasteiger partial charge < -0.3 is 10.2 Å². The fourth-order valence-corrected chi connectivity index (χ4v) is 12.3. The van der Waals surface area contributed by atoms with Gasteiger partial charge in [-0.15, -0.1) is 0 Å². The predicted molar refractivity (Wildman–Crippen MR) is 234 cm³/mol. The van der Waals surface area contributed by atoms with Crippen molar-refractivity contribution in [3.8, 4) is 0 Å². The third-order valence-corrected chi connectivity index (χ3v) is 15.0. The van der Waals surface area contributed by atoms with Crippen LogP contribution >= 0.6 is 0 Å². The van der Waals surface area contributed by atoms with Crippen molar-refractivity contribution in [1.82, 2.24) is 10.2 Å². The Hall–Kier alpha value is -4.14. The summed E-state index contributed by atoms with van der Waals surface area (Å²) in [5, 5.41) is 4.31. The van der Waals surface area contributed by atoms with Crippen LogP contribution in [0, 0.1) is 35.5 Å². The molecule has 288 valence electrons. The van der Waals surface area contributed by atoms with E-state index in [0.717, 1.165) is 12.8 Å². The third-order valence-electron chi connectivity index (χ3n) is 15.0. The van der Waals surface area contributed by atoms with E-state index in [2.05, 4.69) is 150 Å². The normalized spacial score (nSPS) is 36.2. The second kappa shape index (κ2) is 16.4. The van der Waals surface area contributed by atoms with Gasteiger partial charge in [-0.1, -0.05) is 133 Å². The zero-order valence-electron chi connectivity index (χ0n) is 33.4. The van der Waals surface area contributed by atoms with E-state index < -0.39 is 0 Å². The highest BCUT2D eigenvalue weighted by atomic mass is 15.2. The van der Waals surface area contributed by atoms with Gasteiger partial charge in [0.2, 0.25) is 0 Å². The maximum Gasteiger partial charge on any atom is 0.0588 e. The topological polar surface area (TPSA) is 15.3 Å². The van der Waals surface area contributed by atoms with Crippen LogP contribution in [0.5, 0.6) is 0 Å². The Balaban J connectivity index is 0.875. The zero-order valence-corrected chi connectivity index (χ0v) is 33.4. The second-order valence-electron chi connectivity index (χ2n) is 18.4. The Labute approximate surface area is 337 Å². The molecule has 1 saturated heterocycles. The van der Waals surface area contributed by atoms with Gasteiger partial charge in [0.1, 0.15) is 0 Å². The van der Waals surface area contributed by atoms with Crippen molar-refractivity contribution < 1.29 is 0 Å². The summed E-state index contributed by atoms with van der Waals surface area (Å²) in [5.74, 6) is 3.92. The van der Waals surface area contributed by atoms with Gasteiger partial charge in [0.05, 0.1) is 6.04 Å². The van der Waals surface area contributed by atoms with Crippen molar-refractivity contribution in [2.45, 2.75) is 114 Å². The van der Waals surface area contributed by atoms with Crippen LogP contribution in [0.3, 0.4) is 0 Å². The molecule has 10 atom stereocenters. The molecule has 8 aliphatic carbocycles. The summed E-state index contributed by atoms with van der Waals surface area (Å²) in [5.41, 5.74) is 11.1. The van der Waals surface area contributed by atoms with Gasteiger partial charge in [0, 0.05) is 47.1 Å². The summed E-state index contributed by atoms with van der Waals surface area (Å²) >= 11 is 0. The number of hydrogen-bond donors (Lipinski definition) is 1. The van der Waals surface area contributed by atoms with E-state index in [1.807, 2.05) is 0 Å². The molecular weight excluding hydrogens is 677 g/mol. The highest BCUT2D eigenvalue weighted by molar-refractivity contribution is 5.46. The molecule has 0 bridgehead atoms. The molecule has 2 heteroatoms. The highest BCUT2D eigenvalue weighted by Crippen LogP contribution is 2.51. The molecule has 2 nitrogen and oxygen atoms in total. The van der Waals surface area contributed by atoms with Gasteiger partial charge in [0.15, 0.2) is 0 Å². The minimum atomic E-state index is 0.373. The first-order valence-corrected chi connectivity index (χ1v) is 22.6. The number of hydrogen-bond acceptors (Lipinski definition) is 2. The van der Waals surface area contributed by atoms with Gasteiger partial charge in [-0.25, -0.2) is 0 Å². The Morgan fingerprint density at radius 1 is 0.661 bits per heavy atom. The van der Waals surface area contributed by atoms with Crippen molar-refractivity contribution in [2.24, 2.45) is 35.5 Å². The predicted octanol–water partition coefficient (Wildman–Crippen LogP) is 12.9. The quantitative estimate of drug-likeness (QED) is 0.267. The number of benzene rings is 1. The van der Waals surface area contributed by atoms with Crippen molar-refractivity contribution in [3.63, 3.8) is 0 Å². The molecule has 0 amide bonds. The molecule has 2 fully saturated rings. The van der Waals surface area contributed by atoms with E-state index >= 15 is 0 Å². The number of fused-ring (bicyclic) bond motifs is 3. The van der Waals surface area contributed by atoms with Crippen LogP contribution in [0.4, 0.5) is 0 Å². The Morgan fingerprint density at radius 2 is 1.54 bits per heavy atom. The smallest absolute Gasteiger partial charge is 0.0588 e. The number of nitrogens with one attached hydrogen (secondary N) is 1. The molecule has 1 aliphatic heterocycles. The van der Waals surface area contributed by atoms with Crippen LogP contribution in [0.2, 0.25) is 0 Å². The molecule has 0 radical (unpaired) electrons. The van der Waals surface area contributed by atoms with Crippen LogP contribution in [0.15, 0.2) is 173 Å². The largest absolute Gasteiger partial charge is 0.341 e. The molecule has 1 heterocycles. The van der Waals surface area contributed by atoms with E-state index in [0.29, 0.717) is 59.6 Å². The van der Waals surface area contributed by atoms with Crippen molar-refractivity contribution in [3.05, 3.63) is 179 Å². The number of likely N-dealkylation sites (tertiary alicyclic amines) is 1. The lowest BCUT2D eigenvalue weighted by Gasteiger charge is -2.41. The lowest BCUT2D eigenvalue weighted by molar-refractivity contribution is 0.246. The minimum Gasteiger partial charge on any atom is -0.341 e. The summed E-state index contributed by atoms with van der Waals surface area (Å²) in [7, 11) is 0. The molecule has 9 aliphatic rings. The summed E-state index contributed by atoms with van der Waals surface area (Å²) in [6.07, 6.45) is 61.7. The molecule has 1 saturated carbocycles. The van der Waals surface area contributed by atoms with Crippen LogP contribution in [0.1, 0.15) is 101 Å². The fourth-order valence-electron chi connectivity index (χ4n) is 12.3. The third kappa shape index (κ3) is 7.40. The van der Waals surface area contributed by atoms with Crippen LogP contribution in [-0.4, -0.2) is 23.0 Å². The van der Waals surface area contributed by atoms with Gasteiger partial charge in [-0.05, 0) is 142 Å². The Bertz CT molecular complexity index is 2000. The minimum absolute atomic E-state index is 0.373. The second-order valence-corrected chi connectivity index (χ2v) is 18.4. The van der Waals surface area contributed by atoms with Crippen LogP contribution in [0.25, 0.3) is 0 Å². The summed E-state index contributed by atoms with van der Waals surface area (Å²) in [6, 6.07) is 12.7. The Kier molecular flexibility index (Phi) is 10.6. The summed E-state index contributed by atoms with van der Waals surface area (Å²) in [6.45, 7) is 0. The van der Waals surface area contributed by atoms with Crippen molar-refractivity contribution in [2.75, 3.05) is 0 Å². The molecule has 1 aromatic carbocycles. The number of rotatable bonds is 8. The molecular formula is C54H62N2. The van der Waals surface area contributed by atoms with E-state index in [9.17, 15) is 0 Å². The molecule has 0 spiro atoms. The fraction of sp³-hybridized carbons (Fsp3) is 0.444. The summed E-state index contributed by atoms with van der Waals surface area (Å²) in [4.78, 5) is 2.76. The highest BCUT2D eigenvalue weighted by Gasteiger charge is 2.46. The number of allylic oxidation sites excluding steroid dienone is 20. The molecule has 10 rings (SSSR count). The van der Waals surface area contributed by atoms with E-state index in [-0.39, 0.29) is 0 Å². The van der Waals surface area contributed by atoms with E-state index in [1.165, 1.54) is 88.3 Å². The molecule has 56 heavy (non-hydrogen) atoms. The van der Waals surface area contributed by atoms with Crippen molar-refractivity contribution >= 4 is 0 Å². The first kappa shape index (κ1) is 36.2. The molecule has 1 N–H and O–H groups in total. The van der Waals surface area contributed by atoms with Crippen LogP contribution in [-0.2, 0) is 0 Å². The van der Waals surface area contributed by atoms with Crippen LogP contribution < -0.4 is 5.32 Å². The van der Waals surface area contributed by atoms with Crippen molar-refractivity contribution in [1.29, 1.82) is 0 Å². The average molecular weight is 739 g/mol. The molecule has 10 unspecified atom stereocenters. The SMILES string of the molecule is C1=CC(C2=CCCCC2)CC(N2C3=CC=C(C4=CC(C5C=CC=CC5NC5CC(C6=CCCC=C6)CC(c6ccccc6)C5)CCC4)CC3C3C=CC=CC32)=C1. The van der Waals surface area contributed by atoms with Gasteiger partial charge in [0.25, 0.3) is 0 Å².